The lowest BCUT2D eigenvalue weighted by atomic mass is 9.83. The first kappa shape index (κ1) is 9.68. The number of aliphatic hydroxyl groups excluding tert-OH is 1. The van der Waals surface area contributed by atoms with Gasteiger partial charge in [-0.15, -0.1) is 0 Å². The first-order valence-electron chi connectivity index (χ1n) is 4.54. The van der Waals surface area contributed by atoms with Crippen LogP contribution in [0.2, 0.25) is 0 Å². The molecule has 0 aliphatic heterocycles. The zero-order valence-corrected chi connectivity index (χ0v) is 7.60. The van der Waals surface area contributed by atoms with Gasteiger partial charge in [-0.2, -0.15) is 0 Å². The van der Waals surface area contributed by atoms with Gasteiger partial charge in [-0.3, -0.25) is 4.79 Å². The van der Waals surface area contributed by atoms with Crippen molar-refractivity contribution in [3.8, 4) is 0 Å². The maximum Gasteiger partial charge on any atom is 0.133 e. The van der Waals surface area contributed by atoms with E-state index in [4.69, 9.17) is 5.11 Å². The van der Waals surface area contributed by atoms with Crippen molar-refractivity contribution in [2.75, 3.05) is 13.2 Å². The van der Waals surface area contributed by atoms with Gasteiger partial charge in [-0.05, 0) is 19.8 Å². The lowest BCUT2D eigenvalue weighted by Gasteiger charge is -2.33. The number of aliphatic hydroxyl groups is 1. The molecule has 0 radical (unpaired) electrons. The van der Waals surface area contributed by atoms with Crippen molar-refractivity contribution in [2.24, 2.45) is 0 Å². The summed E-state index contributed by atoms with van der Waals surface area (Å²) in [4.78, 5) is 10.9. The van der Waals surface area contributed by atoms with E-state index in [2.05, 4.69) is 12.2 Å². The summed E-state index contributed by atoms with van der Waals surface area (Å²) in [5.74, 6) is 0.373. The summed E-state index contributed by atoms with van der Waals surface area (Å²) in [5.41, 5.74) is 0.0800. The van der Waals surface area contributed by atoms with Gasteiger partial charge in [0, 0.05) is 24.9 Å². The van der Waals surface area contributed by atoms with E-state index in [0.717, 1.165) is 12.8 Å². The predicted molar refractivity (Wildman–Crippen MR) is 47.0 cm³/mol. The van der Waals surface area contributed by atoms with Crippen LogP contribution < -0.4 is 5.32 Å². The third-order valence-electron chi connectivity index (χ3n) is 2.57. The highest BCUT2D eigenvalue weighted by Crippen LogP contribution is 2.25. The normalized spacial score (nSPS) is 22.7. The van der Waals surface area contributed by atoms with Crippen LogP contribution in [0.4, 0.5) is 0 Å². The lowest BCUT2D eigenvalue weighted by Crippen LogP contribution is -2.46. The van der Waals surface area contributed by atoms with E-state index in [1.165, 1.54) is 0 Å². The summed E-state index contributed by atoms with van der Waals surface area (Å²) in [6, 6.07) is 0. The predicted octanol–water partition coefficient (Wildman–Crippen LogP) is 0.470. The minimum absolute atomic E-state index is 0.0800. The molecule has 2 N–H and O–H groups in total. The Hall–Kier alpha value is -0.410. The highest BCUT2D eigenvalue weighted by atomic mass is 16.3. The molecule has 0 saturated heterocycles. The van der Waals surface area contributed by atoms with Gasteiger partial charge in [-0.1, -0.05) is 0 Å². The van der Waals surface area contributed by atoms with Crippen LogP contribution in [-0.4, -0.2) is 29.6 Å². The van der Waals surface area contributed by atoms with Gasteiger partial charge in [-0.25, -0.2) is 0 Å². The van der Waals surface area contributed by atoms with E-state index < -0.39 is 0 Å². The highest BCUT2D eigenvalue weighted by Gasteiger charge is 2.28. The van der Waals surface area contributed by atoms with Crippen molar-refractivity contribution in [3.63, 3.8) is 0 Å². The van der Waals surface area contributed by atoms with Crippen molar-refractivity contribution in [3.05, 3.63) is 0 Å². The fourth-order valence-corrected chi connectivity index (χ4v) is 1.62. The summed E-state index contributed by atoms with van der Waals surface area (Å²) < 4.78 is 0. The van der Waals surface area contributed by atoms with Crippen LogP contribution in [-0.2, 0) is 4.79 Å². The Morgan fingerprint density at radius 2 is 2.08 bits per heavy atom. The van der Waals surface area contributed by atoms with E-state index in [0.29, 0.717) is 25.2 Å². The molecule has 1 fully saturated rings. The molecule has 1 aliphatic carbocycles. The summed E-state index contributed by atoms with van der Waals surface area (Å²) in [6.07, 6.45) is 3.20. The maximum atomic E-state index is 10.9. The van der Waals surface area contributed by atoms with Gasteiger partial charge in [0.25, 0.3) is 0 Å². The SMILES string of the molecule is CC1(NCCO)CCC(=O)CC1. The maximum absolute atomic E-state index is 10.9. The van der Waals surface area contributed by atoms with Crippen LogP contribution in [0.3, 0.4) is 0 Å². The lowest BCUT2D eigenvalue weighted by molar-refractivity contribution is -0.121. The summed E-state index contributed by atoms with van der Waals surface area (Å²) in [5, 5.41) is 11.9. The third kappa shape index (κ3) is 2.57. The zero-order chi connectivity index (χ0) is 9.03. The first-order valence-corrected chi connectivity index (χ1v) is 4.54. The van der Waals surface area contributed by atoms with Crippen LogP contribution in [0.15, 0.2) is 0 Å². The summed E-state index contributed by atoms with van der Waals surface area (Å²) in [6.45, 7) is 2.92. The molecule has 1 saturated carbocycles. The van der Waals surface area contributed by atoms with Gasteiger partial charge >= 0.3 is 0 Å². The van der Waals surface area contributed by atoms with E-state index in [9.17, 15) is 4.79 Å². The molecule has 0 amide bonds. The molecule has 0 aromatic heterocycles. The number of hydrogen-bond donors (Lipinski definition) is 2. The molecule has 3 heteroatoms. The van der Waals surface area contributed by atoms with Crippen LogP contribution in [0.5, 0.6) is 0 Å². The van der Waals surface area contributed by atoms with Crippen LogP contribution >= 0.6 is 0 Å². The third-order valence-corrected chi connectivity index (χ3v) is 2.57. The van der Waals surface area contributed by atoms with Crippen molar-refractivity contribution >= 4 is 5.78 Å². The Labute approximate surface area is 73.2 Å². The Morgan fingerprint density at radius 3 is 2.58 bits per heavy atom. The van der Waals surface area contributed by atoms with Gasteiger partial charge in [0.05, 0.1) is 6.61 Å². The minimum Gasteiger partial charge on any atom is -0.395 e. The molecule has 0 heterocycles. The molecule has 0 aromatic rings. The van der Waals surface area contributed by atoms with E-state index in [1.807, 2.05) is 0 Å². The number of ketones is 1. The van der Waals surface area contributed by atoms with Gasteiger partial charge in [0.2, 0.25) is 0 Å². The molecule has 70 valence electrons. The van der Waals surface area contributed by atoms with Crippen LogP contribution in [0.1, 0.15) is 32.6 Å². The first-order chi connectivity index (χ1) is 5.66. The second kappa shape index (κ2) is 4.01. The quantitative estimate of drug-likeness (QED) is 0.649. The van der Waals surface area contributed by atoms with Gasteiger partial charge < -0.3 is 10.4 Å². The molecule has 1 aliphatic rings. The van der Waals surface area contributed by atoms with E-state index >= 15 is 0 Å². The fraction of sp³-hybridized carbons (Fsp3) is 0.889. The Balaban J connectivity index is 2.34. The van der Waals surface area contributed by atoms with Crippen LogP contribution in [0.25, 0.3) is 0 Å². The fourth-order valence-electron chi connectivity index (χ4n) is 1.62. The summed E-state index contributed by atoms with van der Waals surface area (Å²) in [7, 11) is 0. The molecular formula is C9H17NO2. The van der Waals surface area contributed by atoms with Crippen molar-refractivity contribution in [1.29, 1.82) is 0 Å². The number of β-amino-alcohol motifs (C(OH)–C–C–N with tert-alkyl or cyclic N) is 1. The average Bonchev–Trinajstić information content (AvgIpc) is 2.08. The molecule has 1 rings (SSSR count). The second-order valence-corrected chi connectivity index (χ2v) is 3.75. The zero-order valence-electron chi connectivity index (χ0n) is 7.60. The topological polar surface area (TPSA) is 49.3 Å². The molecule has 0 unspecified atom stereocenters. The summed E-state index contributed by atoms with van der Waals surface area (Å²) >= 11 is 0. The number of rotatable bonds is 3. The minimum atomic E-state index is 0.0800. The smallest absolute Gasteiger partial charge is 0.133 e. The molecule has 0 bridgehead atoms. The molecule has 3 nitrogen and oxygen atoms in total. The monoisotopic (exact) mass is 171 g/mol. The Morgan fingerprint density at radius 1 is 1.50 bits per heavy atom. The van der Waals surface area contributed by atoms with Gasteiger partial charge in [0.15, 0.2) is 0 Å². The van der Waals surface area contributed by atoms with Crippen molar-refractivity contribution < 1.29 is 9.90 Å². The molecule has 0 atom stereocenters. The molecule has 0 spiro atoms. The standard InChI is InChI=1S/C9H17NO2/c1-9(10-6-7-11)4-2-8(12)3-5-9/h10-11H,2-7H2,1H3. The number of Topliss-reactive ketones (excluding diaryl/α,β-unsaturated/α-hetero) is 1. The van der Waals surface area contributed by atoms with E-state index in [1.54, 1.807) is 0 Å². The highest BCUT2D eigenvalue weighted by molar-refractivity contribution is 5.79. The second-order valence-electron chi connectivity index (χ2n) is 3.75. The largest absolute Gasteiger partial charge is 0.395 e. The van der Waals surface area contributed by atoms with Crippen molar-refractivity contribution in [2.45, 2.75) is 38.1 Å². The molecule has 12 heavy (non-hydrogen) atoms. The number of carbonyl (C=O) groups excluding carboxylic acids is 1. The van der Waals surface area contributed by atoms with Crippen molar-refractivity contribution in [1.82, 2.24) is 5.32 Å². The average molecular weight is 171 g/mol. The molecule has 0 aromatic carbocycles. The Kier molecular flexibility index (Phi) is 3.23. The van der Waals surface area contributed by atoms with Gasteiger partial charge in [0.1, 0.15) is 5.78 Å². The number of hydrogen-bond acceptors (Lipinski definition) is 3. The Bertz CT molecular complexity index is 158. The molecular weight excluding hydrogens is 154 g/mol. The van der Waals surface area contributed by atoms with E-state index in [-0.39, 0.29) is 12.1 Å². The van der Waals surface area contributed by atoms with Crippen LogP contribution in [0, 0.1) is 0 Å². The number of nitrogens with one attached hydrogen (secondary N) is 1. The number of carbonyl (C=O) groups is 1.